The normalized spacial score (nSPS) is 11.0. The van der Waals surface area contributed by atoms with Gasteiger partial charge in [0.25, 0.3) is 0 Å². The first kappa shape index (κ1) is 13.5. The van der Waals surface area contributed by atoms with Crippen LogP contribution in [0.15, 0.2) is 72.1 Å². The van der Waals surface area contributed by atoms with E-state index in [-0.39, 0.29) is 0 Å². The van der Waals surface area contributed by atoms with Crippen molar-refractivity contribution in [2.75, 3.05) is 0 Å². The molecule has 0 bridgehead atoms. The largest absolute Gasteiger partial charge is 0.464 e. The molecule has 0 atom stereocenters. The van der Waals surface area contributed by atoms with Crippen LogP contribution in [0.5, 0.6) is 0 Å². The predicted octanol–water partition coefficient (Wildman–Crippen LogP) is 3.10. The van der Waals surface area contributed by atoms with E-state index < -0.39 is 0 Å². The fourth-order valence-electron chi connectivity index (χ4n) is 2.62. The van der Waals surface area contributed by atoms with E-state index in [0.29, 0.717) is 0 Å². The Morgan fingerprint density at radius 2 is 1.74 bits per heavy atom. The summed E-state index contributed by atoms with van der Waals surface area (Å²) in [6, 6.07) is 12.0. The lowest BCUT2D eigenvalue weighted by Gasteiger charge is -2.11. The highest BCUT2D eigenvalue weighted by atomic mass is 16.3. The van der Waals surface area contributed by atoms with Crippen LogP contribution in [0.25, 0.3) is 22.7 Å². The van der Waals surface area contributed by atoms with E-state index in [0.717, 1.165) is 35.8 Å². The fourth-order valence-corrected chi connectivity index (χ4v) is 2.62. The summed E-state index contributed by atoms with van der Waals surface area (Å²) >= 11 is 0. The Morgan fingerprint density at radius 3 is 2.52 bits per heavy atom. The second kappa shape index (κ2) is 5.92. The molecule has 1 aromatic carbocycles. The molecule has 0 aliphatic heterocycles. The molecule has 4 aromatic rings. The van der Waals surface area contributed by atoms with Gasteiger partial charge in [-0.25, -0.2) is 4.98 Å². The fraction of sp³-hybridized carbons (Fsp3) is 0.118. The first-order valence-electron chi connectivity index (χ1n) is 7.38. The van der Waals surface area contributed by atoms with Gasteiger partial charge in [-0.1, -0.05) is 24.3 Å². The van der Waals surface area contributed by atoms with Gasteiger partial charge in [0, 0.05) is 36.6 Å². The zero-order chi connectivity index (χ0) is 15.5. The van der Waals surface area contributed by atoms with Crippen molar-refractivity contribution in [2.45, 2.75) is 13.1 Å². The first-order chi connectivity index (χ1) is 11.4. The lowest BCUT2D eigenvalue weighted by Crippen LogP contribution is -2.07. The molecule has 3 heterocycles. The molecule has 0 radical (unpaired) electrons. The molecule has 0 aliphatic carbocycles. The number of rotatable bonds is 5. The summed E-state index contributed by atoms with van der Waals surface area (Å²) in [4.78, 5) is 4.54. The van der Waals surface area contributed by atoms with E-state index in [1.54, 1.807) is 18.9 Å². The number of aromatic nitrogens is 5. The van der Waals surface area contributed by atoms with E-state index in [1.807, 2.05) is 47.3 Å². The van der Waals surface area contributed by atoms with Crippen LogP contribution in [0.4, 0.5) is 0 Å². The van der Waals surface area contributed by atoms with Gasteiger partial charge in [-0.3, -0.25) is 0 Å². The Balaban J connectivity index is 1.68. The van der Waals surface area contributed by atoms with Crippen molar-refractivity contribution in [3.8, 4) is 22.7 Å². The van der Waals surface area contributed by atoms with Crippen molar-refractivity contribution in [3.05, 3.63) is 67.7 Å². The van der Waals surface area contributed by atoms with Crippen LogP contribution in [0.2, 0.25) is 0 Å². The summed E-state index contributed by atoms with van der Waals surface area (Å²) in [5.41, 5.74) is 2.09. The lowest BCUT2D eigenvalue weighted by atomic mass is 10.0. The van der Waals surface area contributed by atoms with Gasteiger partial charge >= 0.3 is 0 Å². The SMILES string of the molecule is c1coc(-c2ccccc2-c2nccn2CCn2cnnc2)c1. The number of benzene rings is 1. The van der Waals surface area contributed by atoms with Crippen molar-refractivity contribution in [1.29, 1.82) is 0 Å². The van der Waals surface area contributed by atoms with Gasteiger partial charge in [0.1, 0.15) is 24.2 Å². The first-order valence-corrected chi connectivity index (χ1v) is 7.38. The third kappa shape index (κ3) is 2.66. The molecule has 6 nitrogen and oxygen atoms in total. The van der Waals surface area contributed by atoms with Gasteiger partial charge in [0.2, 0.25) is 0 Å². The molecule has 0 spiro atoms. The minimum Gasteiger partial charge on any atom is -0.464 e. The minimum absolute atomic E-state index is 0.791. The van der Waals surface area contributed by atoms with E-state index in [2.05, 4.69) is 25.8 Å². The van der Waals surface area contributed by atoms with E-state index in [1.165, 1.54) is 0 Å². The second-order valence-electron chi connectivity index (χ2n) is 5.17. The number of hydrogen-bond acceptors (Lipinski definition) is 4. The van der Waals surface area contributed by atoms with Crippen LogP contribution in [0, 0.1) is 0 Å². The maximum Gasteiger partial charge on any atom is 0.140 e. The number of aryl methyl sites for hydroxylation is 2. The Hall–Kier alpha value is -3.15. The summed E-state index contributed by atoms with van der Waals surface area (Å²) < 4.78 is 9.63. The van der Waals surface area contributed by atoms with Gasteiger partial charge in [-0.05, 0) is 12.1 Å². The van der Waals surface area contributed by atoms with Crippen LogP contribution in [0.1, 0.15) is 0 Å². The van der Waals surface area contributed by atoms with Crippen LogP contribution in [-0.2, 0) is 13.1 Å². The van der Waals surface area contributed by atoms with Crippen molar-refractivity contribution < 1.29 is 4.42 Å². The minimum atomic E-state index is 0.791. The van der Waals surface area contributed by atoms with Crippen LogP contribution in [0.3, 0.4) is 0 Å². The highest BCUT2D eigenvalue weighted by molar-refractivity contribution is 5.78. The Morgan fingerprint density at radius 1 is 0.913 bits per heavy atom. The van der Waals surface area contributed by atoms with Crippen molar-refractivity contribution in [1.82, 2.24) is 24.3 Å². The maximum atomic E-state index is 5.56. The summed E-state index contributed by atoms with van der Waals surface area (Å²) in [5.74, 6) is 1.76. The molecular weight excluding hydrogens is 290 g/mol. The number of nitrogens with zero attached hydrogens (tertiary/aromatic N) is 5. The van der Waals surface area contributed by atoms with Crippen molar-refractivity contribution in [2.24, 2.45) is 0 Å². The average molecular weight is 305 g/mol. The van der Waals surface area contributed by atoms with Crippen LogP contribution < -0.4 is 0 Å². The van der Waals surface area contributed by atoms with Gasteiger partial charge < -0.3 is 13.6 Å². The average Bonchev–Trinajstić information content (AvgIpc) is 3.34. The number of imidazole rings is 1. The monoisotopic (exact) mass is 305 g/mol. The van der Waals surface area contributed by atoms with Crippen LogP contribution in [-0.4, -0.2) is 24.3 Å². The standard InChI is InChI=1S/C17H15N5O/c1-2-5-15(14(4-1)16-6-3-11-23-16)17-18-7-8-22(17)10-9-21-12-19-20-13-21/h1-8,11-13H,9-10H2. The lowest BCUT2D eigenvalue weighted by molar-refractivity contribution is 0.578. The Labute approximate surface area is 133 Å². The number of hydrogen-bond donors (Lipinski definition) is 0. The molecule has 6 heteroatoms. The van der Waals surface area contributed by atoms with Gasteiger partial charge in [0.05, 0.1) is 6.26 Å². The third-order valence-electron chi connectivity index (χ3n) is 3.74. The maximum absolute atomic E-state index is 5.56. The quantitative estimate of drug-likeness (QED) is 0.568. The van der Waals surface area contributed by atoms with Crippen molar-refractivity contribution >= 4 is 0 Å². The highest BCUT2D eigenvalue weighted by Gasteiger charge is 2.13. The summed E-state index contributed by atoms with van der Waals surface area (Å²) in [5, 5.41) is 7.65. The van der Waals surface area contributed by atoms with E-state index in [9.17, 15) is 0 Å². The molecule has 0 saturated carbocycles. The molecule has 4 rings (SSSR count). The predicted molar refractivity (Wildman–Crippen MR) is 85.4 cm³/mol. The zero-order valence-electron chi connectivity index (χ0n) is 12.4. The summed E-state index contributed by atoms with van der Waals surface area (Å²) in [7, 11) is 0. The molecular formula is C17H15N5O. The highest BCUT2D eigenvalue weighted by Crippen LogP contribution is 2.31. The molecule has 114 valence electrons. The Bertz CT molecular complexity index is 878. The van der Waals surface area contributed by atoms with Gasteiger partial charge in [-0.2, -0.15) is 0 Å². The van der Waals surface area contributed by atoms with Crippen LogP contribution >= 0.6 is 0 Å². The van der Waals surface area contributed by atoms with E-state index >= 15 is 0 Å². The Kier molecular flexibility index (Phi) is 3.48. The van der Waals surface area contributed by atoms with Gasteiger partial charge in [0.15, 0.2) is 0 Å². The molecule has 0 fully saturated rings. The molecule has 0 amide bonds. The molecule has 0 N–H and O–H groups in total. The second-order valence-corrected chi connectivity index (χ2v) is 5.17. The number of furan rings is 1. The topological polar surface area (TPSA) is 61.7 Å². The molecule has 0 aliphatic rings. The molecule has 3 aromatic heterocycles. The smallest absolute Gasteiger partial charge is 0.140 e. The third-order valence-corrected chi connectivity index (χ3v) is 3.74. The molecule has 0 unspecified atom stereocenters. The van der Waals surface area contributed by atoms with Crippen molar-refractivity contribution in [3.63, 3.8) is 0 Å². The van der Waals surface area contributed by atoms with Gasteiger partial charge in [-0.15, -0.1) is 10.2 Å². The van der Waals surface area contributed by atoms with E-state index in [4.69, 9.17) is 4.42 Å². The molecule has 23 heavy (non-hydrogen) atoms. The summed E-state index contributed by atoms with van der Waals surface area (Å²) in [6.07, 6.45) is 8.92. The zero-order valence-corrected chi connectivity index (χ0v) is 12.4. The molecule has 0 saturated heterocycles. The summed E-state index contributed by atoms with van der Waals surface area (Å²) in [6.45, 7) is 1.58.